The molecule has 0 unspecified atom stereocenters. The first-order chi connectivity index (χ1) is 14.3. The van der Waals surface area contributed by atoms with Crippen LogP contribution in [-0.4, -0.2) is 57.7 Å². The second kappa shape index (κ2) is 7.75. The van der Waals surface area contributed by atoms with Crippen molar-refractivity contribution in [1.82, 2.24) is 19.4 Å². The molecule has 1 aromatic carbocycles. The Bertz CT molecular complexity index is 981. The fraction of sp³-hybridized carbons (Fsp3) is 0.522. The lowest BCUT2D eigenvalue weighted by atomic mass is 9.91. The van der Waals surface area contributed by atoms with E-state index in [1.807, 2.05) is 13.0 Å². The Labute approximate surface area is 172 Å². The van der Waals surface area contributed by atoms with Crippen LogP contribution in [0.4, 0.5) is 0 Å². The molecule has 0 amide bonds. The van der Waals surface area contributed by atoms with Gasteiger partial charge in [0.2, 0.25) is 5.96 Å². The maximum Gasteiger partial charge on any atom is 0.224 e. The second-order valence-corrected chi connectivity index (χ2v) is 8.40. The Morgan fingerprint density at radius 1 is 1.14 bits per heavy atom. The summed E-state index contributed by atoms with van der Waals surface area (Å²) in [5.41, 5.74) is 5.22. The monoisotopic (exact) mass is 390 g/mol. The van der Waals surface area contributed by atoms with Gasteiger partial charge in [-0.1, -0.05) is 12.5 Å². The van der Waals surface area contributed by atoms with E-state index < -0.39 is 0 Å². The molecule has 152 valence electrons. The summed E-state index contributed by atoms with van der Waals surface area (Å²) < 4.78 is 2.47. The lowest BCUT2D eigenvalue weighted by Crippen LogP contribution is -2.41. The van der Waals surface area contributed by atoms with E-state index in [2.05, 4.69) is 43.2 Å². The average Bonchev–Trinajstić information content (AvgIpc) is 2.90. The first kappa shape index (κ1) is 18.6. The van der Waals surface area contributed by atoms with Crippen LogP contribution in [0.3, 0.4) is 0 Å². The number of guanidine groups is 1. The van der Waals surface area contributed by atoms with Gasteiger partial charge in [-0.25, -0.2) is 15.0 Å². The zero-order valence-corrected chi connectivity index (χ0v) is 17.3. The number of hydrogen-bond donors (Lipinski definition) is 0. The first-order valence-electron chi connectivity index (χ1n) is 10.9. The van der Waals surface area contributed by atoms with E-state index in [-0.39, 0.29) is 0 Å². The van der Waals surface area contributed by atoms with Gasteiger partial charge in [-0.15, -0.1) is 0 Å². The predicted molar refractivity (Wildman–Crippen MR) is 119 cm³/mol. The van der Waals surface area contributed by atoms with E-state index in [0.29, 0.717) is 5.96 Å². The van der Waals surface area contributed by atoms with Crippen molar-refractivity contribution in [3.8, 4) is 0 Å². The van der Waals surface area contributed by atoms with E-state index in [9.17, 15) is 0 Å². The summed E-state index contributed by atoms with van der Waals surface area (Å²) in [5, 5.41) is 0. The second-order valence-electron chi connectivity index (χ2n) is 8.40. The molecule has 1 fully saturated rings. The molecule has 3 heterocycles. The molecule has 1 aliphatic carbocycles. The molecular formula is C23H30N6. The molecule has 0 radical (unpaired) electrons. The van der Waals surface area contributed by atoms with Gasteiger partial charge >= 0.3 is 0 Å². The molecule has 6 heteroatoms. The first-order valence-corrected chi connectivity index (χ1v) is 10.9. The molecule has 2 aromatic rings. The SMILES string of the molecule is C=NC(=N/C=C\C)N1CCc2cc3nc4n(c3cc2C1)CCN(C1CCC1)CC4. The summed E-state index contributed by atoms with van der Waals surface area (Å²) in [4.78, 5) is 18.5. The van der Waals surface area contributed by atoms with Crippen LogP contribution in [0.2, 0.25) is 0 Å². The smallest absolute Gasteiger partial charge is 0.224 e. The number of allylic oxidation sites excluding steroid dienone is 1. The Hall–Kier alpha value is -2.47. The van der Waals surface area contributed by atoms with Gasteiger partial charge < -0.3 is 9.47 Å². The van der Waals surface area contributed by atoms with Crippen molar-refractivity contribution in [2.75, 3.05) is 19.6 Å². The summed E-state index contributed by atoms with van der Waals surface area (Å²) in [6.07, 6.45) is 9.90. The number of aromatic nitrogens is 2. The van der Waals surface area contributed by atoms with Crippen LogP contribution >= 0.6 is 0 Å². The van der Waals surface area contributed by atoms with Crippen molar-refractivity contribution in [2.24, 2.45) is 9.98 Å². The highest BCUT2D eigenvalue weighted by atomic mass is 15.3. The summed E-state index contributed by atoms with van der Waals surface area (Å²) >= 11 is 0. The molecule has 0 bridgehead atoms. The highest BCUT2D eigenvalue weighted by Gasteiger charge is 2.28. The molecule has 0 spiro atoms. The summed E-state index contributed by atoms with van der Waals surface area (Å²) in [6.45, 7) is 10.8. The van der Waals surface area contributed by atoms with Crippen LogP contribution in [0.5, 0.6) is 0 Å². The minimum Gasteiger partial charge on any atom is -0.336 e. The lowest BCUT2D eigenvalue weighted by Gasteiger charge is -2.36. The molecule has 6 nitrogen and oxygen atoms in total. The van der Waals surface area contributed by atoms with Gasteiger partial charge in [-0.3, -0.25) is 4.90 Å². The molecule has 0 N–H and O–H groups in total. The zero-order chi connectivity index (χ0) is 19.8. The molecule has 29 heavy (non-hydrogen) atoms. The number of imidazole rings is 1. The third-order valence-corrected chi connectivity index (χ3v) is 6.75. The summed E-state index contributed by atoms with van der Waals surface area (Å²) in [5.74, 6) is 1.96. The molecule has 5 rings (SSSR count). The number of benzene rings is 1. The summed E-state index contributed by atoms with van der Waals surface area (Å²) in [7, 11) is 0. The van der Waals surface area contributed by atoms with Gasteiger partial charge in [0, 0.05) is 51.4 Å². The minimum absolute atomic E-state index is 0.706. The third kappa shape index (κ3) is 3.39. The maximum absolute atomic E-state index is 5.03. The van der Waals surface area contributed by atoms with Crippen molar-refractivity contribution in [1.29, 1.82) is 0 Å². The standard InChI is InChI=1S/C23H30N6/c1-3-9-25-23(24-2)28-10-7-17-14-20-21(15-18(17)16-28)29-13-12-27(19-5-4-6-19)11-8-22(29)26-20/h3,9,14-15,19H,2,4-8,10-13,16H2,1H3/b9-3-,25-23?. The van der Waals surface area contributed by atoms with E-state index in [4.69, 9.17) is 4.98 Å². The van der Waals surface area contributed by atoms with Crippen LogP contribution in [0, 0.1) is 0 Å². The van der Waals surface area contributed by atoms with Crippen LogP contribution in [0.15, 0.2) is 34.4 Å². The Morgan fingerprint density at radius 3 is 2.79 bits per heavy atom. The van der Waals surface area contributed by atoms with Crippen LogP contribution in [0.1, 0.15) is 43.1 Å². The lowest BCUT2D eigenvalue weighted by molar-refractivity contribution is 0.130. The topological polar surface area (TPSA) is 49.0 Å². The number of nitrogens with zero attached hydrogens (tertiary/aromatic N) is 6. The summed E-state index contributed by atoms with van der Waals surface area (Å²) in [6, 6.07) is 5.49. The van der Waals surface area contributed by atoms with Crippen molar-refractivity contribution < 1.29 is 0 Å². The predicted octanol–water partition coefficient (Wildman–Crippen LogP) is 3.40. The van der Waals surface area contributed by atoms with Gasteiger partial charge in [-0.2, -0.15) is 0 Å². The van der Waals surface area contributed by atoms with E-state index in [0.717, 1.165) is 57.1 Å². The highest BCUT2D eigenvalue weighted by molar-refractivity contribution is 5.85. The Morgan fingerprint density at radius 2 is 2.03 bits per heavy atom. The number of hydrogen-bond acceptors (Lipinski definition) is 3. The molecular weight excluding hydrogens is 360 g/mol. The van der Waals surface area contributed by atoms with Gasteiger partial charge in [0.1, 0.15) is 5.82 Å². The normalized spacial score (nSPS) is 21.1. The Kier molecular flexibility index (Phi) is 4.96. The van der Waals surface area contributed by atoms with Crippen molar-refractivity contribution in [3.63, 3.8) is 0 Å². The van der Waals surface area contributed by atoms with Crippen LogP contribution < -0.4 is 0 Å². The molecule has 3 aliphatic rings. The molecule has 1 saturated carbocycles. The molecule has 0 atom stereocenters. The van der Waals surface area contributed by atoms with Gasteiger partial charge in [0.05, 0.1) is 11.0 Å². The van der Waals surface area contributed by atoms with Crippen LogP contribution in [0.25, 0.3) is 11.0 Å². The Balaban J connectivity index is 1.43. The van der Waals surface area contributed by atoms with Crippen LogP contribution in [-0.2, 0) is 25.9 Å². The fourth-order valence-electron chi connectivity index (χ4n) is 4.90. The fourth-order valence-corrected chi connectivity index (χ4v) is 4.90. The quantitative estimate of drug-likeness (QED) is 0.583. The highest BCUT2D eigenvalue weighted by Crippen LogP contribution is 2.30. The molecule has 0 saturated heterocycles. The van der Waals surface area contributed by atoms with Crippen molar-refractivity contribution >= 4 is 23.7 Å². The van der Waals surface area contributed by atoms with Gasteiger partial charge in [0.15, 0.2) is 0 Å². The third-order valence-electron chi connectivity index (χ3n) is 6.75. The van der Waals surface area contributed by atoms with E-state index in [1.165, 1.54) is 41.7 Å². The maximum atomic E-state index is 5.03. The van der Waals surface area contributed by atoms with E-state index in [1.54, 1.807) is 6.20 Å². The number of rotatable bonds is 2. The zero-order valence-electron chi connectivity index (χ0n) is 17.3. The molecule has 2 aliphatic heterocycles. The van der Waals surface area contributed by atoms with Crippen molar-refractivity contribution in [2.45, 2.75) is 58.2 Å². The molecule has 1 aromatic heterocycles. The largest absolute Gasteiger partial charge is 0.336 e. The minimum atomic E-state index is 0.706. The van der Waals surface area contributed by atoms with Crippen molar-refractivity contribution in [3.05, 3.63) is 41.4 Å². The average molecular weight is 391 g/mol. The van der Waals surface area contributed by atoms with E-state index >= 15 is 0 Å². The number of aliphatic imine (C=N–C) groups is 2. The van der Waals surface area contributed by atoms with Gasteiger partial charge in [0.25, 0.3) is 0 Å². The van der Waals surface area contributed by atoms with Gasteiger partial charge in [-0.05, 0) is 56.2 Å². The number of fused-ring (bicyclic) bond motifs is 4.